The van der Waals surface area contributed by atoms with E-state index in [9.17, 15) is 0 Å². The first kappa shape index (κ1) is 22.4. The van der Waals surface area contributed by atoms with Crippen molar-refractivity contribution in [3.63, 3.8) is 0 Å². The molecule has 0 bridgehead atoms. The lowest BCUT2D eigenvalue weighted by molar-refractivity contribution is 0.651. The van der Waals surface area contributed by atoms with E-state index in [1.807, 2.05) is 28.8 Å². The zero-order chi connectivity index (χ0) is 18.1. The summed E-state index contributed by atoms with van der Waals surface area (Å²) in [6.45, 7) is 9.85. The van der Waals surface area contributed by atoms with Gasteiger partial charge in [-0.3, -0.25) is 4.99 Å². The highest BCUT2D eigenvalue weighted by molar-refractivity contribution is 14.0. The Morgan fingerprint density at radius 3 is 2.88 bits per heavy atom. The van der Waals surface area contributed by atoms with E-state index >= 15 is 0 Å². The zero-order valence-corrected chi connectivity index (χ0v) is 18.2. The van der Waals surface area contributed by atoms with Crippen molar-refractivity contribution >= 4 is 41.5 Å². The van der Waals surface area contributed by atoms with Crippen molar-refractivity contribution in [2.75, 3.05) is 13.1 Å². The molecule has 0 spiro atoms. The molecule has 1 atom stereocenters. The van der Waals surface area contributed by atoms with Crippen LogP contribution in [0, 0.1) is 0 Å². The molecule has 6 nitrogen and oxygen atoms in total. The fourth-order valence-electron chi connectivity index (χ4n) is 2.44. The van der Waals surface area contributed by atoms with Crippen molar-refractivity contribution in [2.24, 2.45) is 4.99 Å². The predicted octanol–water partition coefficient (Wildman–Crippen LogP) is 3.59. The molecular weight excluding hydrogens is 463 g/mol. The first-order valence-electron chi connectivity index (χ1n) is 8.42. The SMILES string of the molecule is C=CCNC(=NCCn1cnnc1CC)NC(C)c1ccccc1Cl.I. The van der Waals surface area contributed by atoms with Gasteiger partial charge in [-0.1, -0.05) is 42.8 Å². The molecule has 0 aliphatic carbocycles. The molecule has 1 unspecified atom stereocenters. The van der Waals surface area contributed by atoms with Crippen molar-refractivity contribution in [1.29, 1.82) is 0 Å². The summed E-state index contributed by atoms with van der Waals surface area (Å²) < 4.78 is 2.02. The average Bonchev–Trinajstić information content (AvgIpc) is 3.07. The Morgan fingerprint density at radius 1 is 1.42 bits per heavy atom. The highest BCUT2D eigenvalue weighted by Crippen LogP contribution is 2.21. The van der Waals surface area contributed by atoms with Crippen LogP contribution >= 0.6 is 35.6 Å². The third kappa shape index (κ3) is 6.60. The molecule has 0 saturated heterocycles. The first-order chi connectivity index (χ1) is 12.2. The van der Waals surface area contributed by atoms with Crippen molar-refractivity contribution in [3.8, 4) is 0 Å². The number of aliphatic imine (C=N–C) groups is 1. The molecule has 0 saturated carbocycles. The molecule has 0 fully saturated rings. The second kappa shape index (κ2) is 11.9. The Hall–Kier alpha value is -1.61. The zero-order valence-electron chi connectivity index (χ0n) is 15.2. The molecule has 1 aromatic carbocycles. The molecule has 0 amide bonds. The lowest BCUT2D eigenvalue weighted by Crippen LogP contribution is -2.39. The van der Waals surface area contributed by atoms with E-state index in [4.69, 9.17) is 11.6 Å². The molecule has 1 heterocycles. The van der Waals surface area contributed by atoms with Crippen molar-refractivity contribution < 1.29 is 0 Å². The molecule has 26 heavy (non-hydrogen) atoms. The Morgan fingerprint density at radius 2 is 2.19 bits per heavy atom. The largest absolute Gasteiger partial charge is 0.353 e. The van der Waals surface area contributed by atoms with E-state index in [1.54, 1.807) is 12.4 Å². The molecule has 0 aliphatic heterocycles. The maximum Gasteiger partial charge on any atom is 0.192 e. The maximum atomic E-state index is 6.28. The van der Waals surface area contributed by atoms with Crippen LogP contribution in [0.3, 0.4) is 0 Å². The smallest absolute Gasteiger partial charge is 0.192 e. The van der Waals surface area contributed by atoms with Gasteiger partial charge in [-0.2, -0.15) is 0 Å². The minimum absolute atomic E-state index is 0. The summed E-state index contributed by atoms with van der Waals surface area (Å²) in [5.74, 6) is 1.69. The van der Waals surface area contributed by atoms with E-state index in [1.165, 1.54) is 0 Å². The first-order valence-corrected chi connectivity index (χ1v) is 8.80. The van der Waals surface area contributed by atoms with Gasteiger partial charge in [0.15, 0.2) is 5.96 Å². The third-order valence-electron chi connectivity index (χ3n) is 3.76. The minimum Gasteiger partial charge on any atom is -0.353 e. The number of aromatic nitrogens is 3. The molecule has 2 rings (SSSR count). The van der Waals surface area contributed by atoms with Crippen LogP contribution in [0.4, 0.5) is 0 Å². The summed E-state index contributed by atoms with van der Waals surface area (Å²) in [6, 6.07) is 7.84. The van der Waals surface area contributed by atoms with Crippen LogP contribution in [0.15, 0.2) is 48.2 Å². The number of rotatable bonds is 8. The lowest BCUT2D eigenvalue weighted by atomic mass is 10.1. The minimum atomic E-state index is 0. The van der Waals surface area contributed by atoms with Gasteiger partial charge in [0.1, 0.15) is 12.2 Å². The number of benzene rings is 1. The summed E-state index contributed by atoms with van der Waals surface area (Å²) in [7, 11) is 0. The van der Waals surface area contributed by atoms with Crippen molar-refractivity contribution in [3.05, 3.63) is 59.7 Å². The summed E-state index contributed by atoms with van der Waals surface area (Å²) >= 11 is 6.28. The highest BCUT2D eigenvalue weighted by atomic mass is 127. The Balaban J connectivity index is 0.00000338. The third-order valence-corrected chi connectivity index (χ3v) is 4.11. The Kier molecular flexibility index (Phi) is 10.3. The Bertz CT molecular complexity index is 715. The van der Waals surface area contributed by atoms with E-state index in [-0.39, 0.29) is 30.0 Å². The fourth-order valence-corrected chi connectivity index (χ4v) is 2.74. The van der Waals surface area contributed by atoms with Gasteiger partial charge < -0.3 is 15.2 Å². The number of guanidine groups is 1. The molecule has 2 N–H and O–H groups in total. The van der Waals surface area contributed by atoms with Crippen LogP contribution < -0.4 is 10.6 Å². The topological polar surface area (TPSA) is 67.1 Å². The van der Waals surface area contributed by atoms with Gasteiger partial charge in [0.25, 0.3) is 0 Å². The molecule has 0 radical (unpaired) electrons. The van der Waals surface area contributed by atoms with Gasteiger partial charge >= 0.3 is 0 Å². The molecule has 0 aliphatic rings. The fraction of sp³-hybridized carbons (Fsp3) is 0.389. The average molecular weight is 489 g/mol. The molecular formula is C18H26ClIN6. The van der Waals surface area contributed by atoms with E-state index in [2.05, 4.69) is 46.2 Å². The Labute approximate surface area is 177 Å². The van der Waals surface area contributed by atoms with Crippen molar-refractivity contribution in [1.82, 2.24) is 25.4 Å². The van der Waals surface area contributed by atoms with Crippen LogP contribution in [0.2, 0.25) is 5.02 Å². The predicted molar refractivity (Wildman–Crippen MR) is 118 cm³/mol. The van der Waals surface area contributed by atoms with Gasteiger partial charge in [0, 0.05) is 24.5 Å². The normalized spacial score (nSPS) is 12.2. The molecule has 8 heteroatoms. The van der Waals surface area contributed by atoms with E-state index < -0.39 is 0 Å². The van der Waals surface area contributed by atoms with Crippen molar-refractivity contribution in [2.45, 2.75) is 32.9 Å². The van der Waals surface area contributed by atoms with Gasteiger partial charge in [0.2, 0.25) is 0 Å². The summed E-state index contributed by atoms with van der Waals surface area (Å²) in [5, 5.41) is 15.4. The summed E-state index contributed by atoms with van der Waals surface area (Å²) in [5.41, 5.74) is 1.03. The second-order valence-electron chi connectivity index (χ2n) is 5.58. The van der Waals surface area contributed by atoms with Gasteiger partial charge in [-0.05, 0) is 18.6 Å². The van der Waals surface area contributed by atoms with Crippen LogP contribution in [-0.2, 0) is 13.0 Å². The summed E-state index contributed by atoms with van der Waals surface area (Å²) in [6.07, 6.45) is 4.39. The van der Waals surface area contributed by atoms with Crippen LogP contribution in [0.1, 0.15) is 31.3 Å². The van der Waals surface area contributed by atoms with Gasteiger partial charge in [-0.25, -0.2) is 0 Å². The second-order valence-corrected chi connectivity index (χ2v) is 5.99. The quantitative estimate of drug-likeness (QED) is 0.258. The number of hydrogen-bond acceptors (Lipinski definition) is 3. The maximum absolute atomic E-state index is 6.28. The number of nitrogens with zero attached hydrogens (tertiary/aromatic N) is 4. The number of halogens is 2. The van der Waals surface area contributed by atoms with E-state index in [0.29, 0.717) is 13.1 Å². The lowest BCUT2D eigenvalue weighted by Gasteiger charge is -2.19. The monoisotopic (exact) mass is 488 g/mol. The number of aryl methyl sites for hydroxylation is 1. The van der Waals surface area contributed by atoms with Gasteiger partial charge in [-0.15, -0.1) is 40.8 Å². The van der Waals surface area contributed by atoms with E-state index in [0.717, 1.165) is 35.3 Å². The highest BCUT2D eigenvalue weighted by Gasteiger charge is 2.10. The van der Waals surface area contributed by atoms with Crippen LogP contribution in [0.25, 0.3) is 0 Å². The standard InChI is InChI=1S/C18H25ClN6.HI/c1-4-10-20-18(21-11-12-25-13-22-24-17(25)5-2)23-14(3)15-8-6-7-9-16(15)19;/h4,6-9,13-14H,1,5,10-12H2,2-3H3,(H2,20,21,23);1H. The number of hydrogen-bond donors (Lipinski definition) is 2. The van der Waals surface area contributed by atoms with Crippen LogP contribution in [-0.4, -0.2) is 33.8 Å². The van der Waals surface area contributed by atoms with Gasteiger partial charge in [0.05, 0.1) is 12.6 Å². The molecule has 142 valence electrons. The molecule has 1 aromatic heterocycles. The number of nitrogens with one attached hydrogen (secondary N) is 2. The van der Waals surface area contributed by atoms with Crippen LogP contribution in [0.5, 0.6) is 0 Å². The molecule has 2 aromatic rings. The summed E-state index contributed by atoms with van der Waals surface area (Å²) in [4.78, 5) is 4.63.